The Morgan fingerprint density at radius 1 is 1.45 bits per heavy atom. The van der Waals surface area contributed by atoms with Crippen LogP contribution in [0.25, 0.3) is 0 Å². The van der Waals surface area contributed by atoms with Crippen molar-refractivity contribution in [2.24, 2.45) is 7.05 Å². The highest BCUT2D eigenvalue weighted by Crippen LogP contribution is 2.27. The van der Waals surface area contributed by atoms with Gasteiger partial charge < -0.3 is 5.11 Å². The van der Waals surface area contributed by atoms with Crippen molar-refractivity contribution < 1.29 is 18.3 Å². The molecule has 7 nitrogen and oxygen atoms in total. The number of anilines is 1. The zero-order valence-corrected chi connectivity index (χ0v) is 12.7. The number of thiophene rings is 1. The van der Waals surface area contributed by atoms with E-state index in [0.29, 0.717) is 11.4 Å². The van der Waals surface area contributed by atoms with Crippen LogP contribution in [0.2, 0.25) is 0 Å². The van der Waals surface area contributed by atoms with Crippen molar-refractivity contribution in [1.29, 1.82) is 0 Å². The highest BCUT2D eigenvalue weighted by Gasteiger charge is 2.25. The average molecular weight is 315 g/mol. The zero-order valence-electron chi connectivity index (χ0n) is 11.0. The summed E-state index contributed by atoms with van der Waals surface area (Å²) in [5.74, 6) is -1.17. The minimum absolute atomic E-state index is 0.0484. The van der Waals surface area contributed by atoms with Crippen molar-refractivity contribution in [3.63, 3.8) is 0 Å². The highest BCUT2D eigenvalue weighted by molar-refractivity contribution is 7.92. The lowest BCUT2D eigenvalue weighted by Crippen LogP contribution is -2.16. The maximum absolute atomic E-state index is 12.4. The van der Waals surface area contributed by atoms with Crippen molar-refractivity contribution in [2.45, 2.75) is 18.7 Å². The maximum Gasteiger partial charge on any atom is 0.348 e. The van der Waals surface area contributed by atoms with Gasteiger partial charge in [-0.1, -0.05) is 0 Å². The number of aromatic nitrogens is 2. The first-order valence-corrected chi connectivity index (χ1v) is 7.94. The lowest BCUT2D eigenvalue weighted by Gasteiger charge is -2.07. The number of nitrogens with one attached hydrogen (secondary N) is 1. The van der Waals surface area contributed by atoms with Crippen LogP contribution in [0.5, 0.6) is 0 Å². The van der Waals surface area contributed by atoms with E-state index in [1.165, 1.54) is 16.1 Å². The minimum Gasteiger partial charge on any atom is -0.477 e. The number of aromatic carboxylic acids is 1. The summed E-state index contributed by atoms with van der Waals surface area (Å²) in [6, 6.07) is 1.42. The van der Waals surface area contributed by atoms with Gasteiger partial charge in [-0.25, -0.2) is 13.2 Å². The van der Waals surface area contributed by atoms with Crippen LogP contribution in [0.1, 0.15) is 21.1 Å². The summed E-state index contributed by atoms with van der Waals surface area (Å²) in [7, 11) is -2.22. The molecule has 108 valence electrons. The van der Waals surface area contributed by atoms with Crippen LogP contribution < -0.4 is 4.72 Å². The normalized spacial score (nSPS) is 11.6. The van der Waals surface area contributed by atoms with Crippen LogP contribution in [0, 0.1) is 13.8 Å². The van der Waals surface area contributed by atoms with Gasteiger partial charge in [-0.2, -0.15) is 5.10 Å². The number of hydrogen-bond acceptors (Lipinski definition) is 5. The molecule has 0 amide bonds. The van der Waals surface area contributed by atoms with E-state index in [4.69, 9.17) is 5.11 Å². The van der Waals surface area contributed by atoms with Gasteiger partial charge >= 0.3 is 5.97 Å². The van der Waals surface area contributed by atoms with Crippen LogP contribution in [0.15, 0.2) is 16.3 Å². The van der Waals surface area contributed by atoms with Gasteiger partial charge in [0.05, 0.1) is 17.1 Å². The summed E-state index contributed by atoms with van der Waals surface area (Å²) >= 11 is 0.960. The topological polar surface area (TPSA) is 101 Å². The summed E-state index contributed by atoms with van der Waals surface area (Å²) in [6.07, 6.45) is 0. The molecule has 2 aromatic rings. The van der Waals surface area contributed by atoms with E-state index in [2.05, 4.69) is 9.82 Å². The van der Waals surface area contributed by atoms with Crippen LogP contribution in [-0.2, 0) is 17.1 Å². The molecule has 0 aromatic carbocycles. The van der Waals surface area contributed by atoms with E-state index in [9.17, 15) is 13.2 Å². The van der Waals surface area contributed by atoms with Crippen LogP contribution in [0.4, 0.5) is 5.69 Å². The predicted molar refractivity (Wildman–Crippen MR) is 74.8 cm³/mol. The van der Waals surface area contributed by atoms with Crippen molar-refractivity contribution in [3.8, 4) is 0 Å². The van der Waals surface area contributed by atoms with Gasteiger partial charge in [0.15, 0.2) is 0 Å². The minimum atomic E-state index is -3.87. The predicted octanol–water partition coefficient (Wildman–Crippen LogP) is 1.60. The molecule has 0 saturated heterocycles. The summed E-state index contributed by atoms with van der Waals surface area (Å²) < 4.78 is 28.5. The molecule has 9 heteroatoms. The Hall–Kier alpha value is -1.87. The third-order valence-electron chi connectivity index (χ3n) is 2.82. The fourth-order valence-electron chi connectivity index (χ4n) is 1.89. The Labute approximate surface area is 119 Å². The number of carboxylic acids is 1. The van der Waals surface area contributed by atoms with Crippen molar-refractivity contribution in [1.82, 2.24) is 9.78 Å². The molecule has 2 N–H and O–H groups in total. The molecule has 2 heterocycles. The van der Waals surface area contributed by atoms with Crippen LogP contribution in [-0.4, -0.2) is 29.3 Å². The molecule has 0 atom stereocenters. The largest absolute Gasteiger partial charge is 0.477 e. The smallest absolute Gasteiger partial charge is 0.348 e. The molecule has 0 radical (unpaired) electrons. The van der Waals surface area contributed by atoms with E-state index in [1.807, 2.05) is 0 Å². The molecular formula is C11H13N3O4S2. The molecule has 0 aliphatic heterocycles. The molecule has 0 spiro atoms. The standard InChI is InChI=1S/C11H13N3O4S2/c1-6-10(7(2)14(3)12-6)20(17,18)13-8-4-5-19-9(8)11(15)16/h4-5,13H,1-3H3,(H,15,16). The Kier molecular flexibility index (Phi) is 3.57. The molecule has 0 fully saturated rings. The van der Waals surface area contributed by atoms with Gasteiger partial charge in [0, 0.05) is 7.05 Å². The number of carbonyl (C=O) groups is 1. The van der Waals surface area contributed by atoms with Crippen molar-refractivity contribution in [2.75, 3.05) is 4.72 Å². The number of aryl methyl sites for hydroxylation is 2. The first-order valence-electron chi connectivity index (χ1n) is 5.58. The lowest BCUT2D eigenvalue weighted by molar-refractivity contribution is 0.0703. The fraction of sp³-hybridized carbons (Fsp3) is 0.273. The van der Waals surface area contributed by atoms with Crippen LogP contribution in [0.3, 0.4) is 0 Å². The van der Waals surface area contributed by atoms with Crippen LogP contribution >= 0.6 is 11.3 Å². The van der Waals surface area contributed by atoms with Gasteiger partial charge in [-0.15, -0.1) is 11.3 Å². The third-order valence-corrected chi connectivity index (χ3v) is 5.33. The Morgan fingerprint density at radius 3 is 2.60 bits per heavy atom. The number of nitrogens with zero attached hydrogens (tertiary/aromatic N) is 2. The Balaban J connectivity index is 2.46. The summed E-state index contributed by atoms with van der Waals surface area (Å²) in [4.78, 5) is 11.0. The molecule has 0 unspecified atom stereocenters. The number of rotatable bonds is 4. The first kappa shape index (κ1) is 14.5. The number of carboxylic acid groups (broad SMARTS) is 1. The van der Waals surface area contributed by atoms with E-state index in [-0.39, 0.29) is 15.5 Å². The Morgan fingerprint density at radius 2 is 2.10 bits per heavy atom. The van der Waals surface area contributed by atoms with E-state index in [1.54, 1.807) is 20.9 Å². The van der Waals surface area contributed by atoms with Crippen molar-refractivity contribution in [3.05, 3.63) is 27.7 Å². The second-order valence-corrected chi connectivity index (χ2v) is 6.73. The zero-order chi connectivity index (χ0) is 15.1. The molecule has 0 aliphatic carbocycles. The van der Waals surface area contributed by atoms with Gasteiger partial charge in [-0.3, -0.25) is 9.40 Å². The molecule has 0 saturated carbocycles. The van der Waals surface area contributed by atoms with E-state index in [0.717, 1.165) is 11.3 Å². The summed E-state index contributed by atoms with van der Waals surface area (Å²) in [5, 5.41) is 14.6. The summed E-state index contributed by atoms with van der Waals surface area (Å²) in [6.45, 7) is 3.23. The SMILES string of the molecule is Cc1nn(C)c(C)c1S(=O)(=O)Nc1ccsc1C(=O)O. The fourth-order valence-corrected chi connectivity index (χ4v) is 4.16. The highest BCUT2D eigenvalue weighted by atomic mass is 32.2. The molecule has 0 bridgehead atoms. The first-order chi connectivity index (χ1) is 9.24. The van der Waals surface area contributed by atoms with E-state index < -0.39 is 16.0 Å². The second-order valence-electron chi connectivity index (χ2n) is 4.20. The third kappa shape index (κ3) is 2.41. The quantitative estimate of drug-likeness (QED) is 0.892. The molecular weight excluding hydrogens is 302 g/mol. The number of sulfonamides is 1. The average Bonchev–Trinajstić information content (AvgIpc) is 2.84. The van der Waals surface area contributed by atoms with Gasteiger partial charge in [-0.05, 0) is 25.3 Å². The lowest BCUT2D eigenvalue weighted by atomic mass is 10.4. The molecule has 20 heavy (non-hydrogen) atoms. The molecule has 2 aromatic heterocycles. The van der Waals surface area contributed by atoms with Gasteiger partial charge in [0.25, 0.3) is 10.0 Å². The van der Waals surface area contributed by atoms with E-state index >= 15 is 0 Å². The second kappa shape index (κ2) is 4.91. The molecule has 2 rings (SSSR count). The summed E-state index contributed by atoms with van der Waals surface area (Å²) in [5.41, 5.74) is 0.914. The Bertz CT molecular complexity index is 774. The maximum atomic E-state index is 12.4. The van der Waals surface area contributed by atoms with Gasteiger partial charge in [0.1, 0.15) is 9.77 Å². The van der Waals surface area contributed by atoms with Gasteiger partial charge in [0.2, 0.25) is 0 Å². The van der Waals surface area contributed by atoms with Crippen molar-refractivity contribution >= 4 is 33.0 Å². The molecule has 0 aliphatic rings. The monoisotopic (exact) mass is 315 g/mol. The number of hydrogen-bond donors (Lipinski definition) is 2.